The van der Waals surface area contributed by atoms with Crippen molar-refractivity contribution in [3.8, 4) is 0 Å². The van der Waals surface area contributed by atoms with Gasteiger partial charge in [0, 0.05) is 16.9 Å². The van der Waals surface area contributed by atoms with E-state index in [-0.39, 0.29) is 16.1 Å². The van der Waals surface area contributed by atoms with Crippen LogP contribution in [0.15, 0.2) is 30.5 Å². The largest absolute Gasteiger partial charge is 0.322 e. The fourth-order valence-electron chi connectivity index (χ4n) is 1.51. The molecule has 0 aliphatic rings. The summed E-state index contributed by atoms with van der Waals surface area (Å²) in [7, 11) is 0. The van der Waals surface area contributed by atoms with Gasteiger partial charge < -0.3 is 5.32 Å². The molecule has 0 saturated carbocycles. The van der Waals surface area contributed by atoms with E-state index in [1.54, 1.807) is 18.2 Å². The highest BCUT2D eigenvalue weighted by Crippen LogP contribution is 2.22. The SMILES string of the molecule is Cc1cc(Cl)ccc1NC(=O)c1cnc(Cl)c(Cl)c1. The van der Waals surface area contributed by atoms with Crippen molar-refractivity contribution in [3.63, 3.8) is 0 Å². The standard InChI is InChI=1S/C13H9Cl3N2O/c1-7-4-9(14)2-3-11(7)18-13(19)8-5-10(15)12(16)17-6-8/h2-6H,1H3,(H,18,19). The summed E-state index contributed by atoms with van der Waals surface area (Å²) in [5, 5.41) is 3.78. The Kier molecular flexibility index (Phi) is 4.30. The molecule has 1 N–H and O–H groups in total. The van der Waals surface area contributed by atoms with Gasteiger partial charge in [-0.2, -0.15) is 0 Å². The highest BCUT2D eigenvalue weighted by atomic mass is 35.5. The molecule has 2 rings (SSSR count). The normalized spacial score (nSPS) is 10.3. The lowest BCUT2D eigenvalue weighted by molar-refractivity contribution is 0.102. The minimum absolute atomic E-state index is 0.167. The molecule has 0 unspecified atom stereocenters. The van der Waals surface area contributed by atoms with Gasteiger partial charge in [-0.05, 0) is 36.8 Å². The lowest BCUT2D eigenvalue weighted by atomic mass is 10.2. The van der Waals surface area contributed by atoms with E-state index in [1.807, 2.05) is 6.92 Å². The zero-order chi connectivity index (χ0) is 14.0. The minimum atomic E-state index is -0.309. The van der Waals surface area contributed by atoms with Gasteiger partial charge in [0.05, 0.1) is 10.6 Å². The molecule has 1 heterocycles. The number of benzene rings is 1. The molecule has 0 aliphatic carbocycles. The topological polar surface area (TPSA) is 42.0 Å². The Morgan fingerprint density at radius 1 is 1.21 bits per heavy atom. The van der Waals surface area contributed by atoms with Crippen molar-refractivity contribution in [1.29, 1.82) is 0 Å². The smallest absolute Gasteiger partial charge is 0.257 e. The third-order valence-corrected chi connectivity index (χ3v) is 3.42. The zero-order valence-electron chi connectivity index (χ0n) is 9.88. The number of aromatic nitrogens is 1. The first-order valence-electron chi connectivity index (χ1n) is 5.36. The van der Waals surface area contributed by atoms with Crippen LogP contribution in [0.3, 0.4) is 0 Å². The van der Waals surface area contributed by atoms with Crippen molar-refractivity contribution in [2.24, 2.45) is 0 Å². The van der Waals surface area contributed by atoms with Crippen LogP contribution in [-0.2, 0) is 0 Å². The molecule has 3 nitrogen and oxygen atoms in total. The summed E-state index contributed by atoms with van der Waals surface area (Å²) >= 11 is 17.4. The van der Waals surface area contributed by atoms with E-state index in [0.717, 1.165) is 5.56 Å². The first-order chi connectivity index (χ1) is 8.97. The molecular formula is C13H9Cl3N2O. The van der Waals surface area contributed by atoms with Gasteiger partial charge in [0.15, 0.2) is 0 Å². The van der Waals surface area contributed by atoms with Crippen LogP contribution in [0, 0.1) is 6.92 Å². The molecule has 0 atom stereocenters. The van der Waals surface area contributed by atoms with Crippen molar-refractivity contribution in [1.82, 2.24) is 4.98 Å². The predicted molar refractivity (Wildman–Crippen MR) is 78.4 cm³/mol. The molecule has 2 aromatic rings. The summed E-state index contributed by atoms with van der Waals surface area (Å²) < 4.78 is 0. The maximum absolute atomic E-state index is 12.0. The van der Waals surface area contributed by atoms with E-state index >= 15 is 0 Å². The third kappa shape index (κ3) is 3.38. The number of rotatable bonds is 2. The van der Waals surface area contributed by atoms with Crippen molar-refractivity contribution in [2.75, 3.05) is 5.32 Å². The Labute approximate surface area is 125 Å². The number of anilines is 1. The number of carbonyl (C=O) groups excluding carboxylic acids is 1. The van der Waals surface area contributed by atoms with Gasteiger partial charge in [0.2, 0.25) is 0 Å². The van der Waals surface area contributed by atoms with Crippen molar-refractivity contribution < 1.29 is 4.79 Å². The number of nitrogens with zero attached hydrogens (tertiary/aromatic N) is 1. The molecule has 98 valence electrons. The van der Waals surface area contributed by atoms with Crippen LogP contribution in [0.2, 0.25) is 15.2 Å². The zero-order valence-corrected chi connectivity index (χ0v) is 12.1. The number of hydrogen-bond acceptors (Lipinski definition) is 2. The maximum atomic E-state index is 12.0. The molecule has 1 aromatic heterocycles. The van der Waals surface area contributed by atoms with Crippen LogP contribution < -0.4 is 5.32 Å². The second-order valence-corrected chi connectivity index (χ2v) is 5.11. The average Bonchev–Trinajstić information content (AvgIpc) is 2.36. The number of halogens is 3. The summed E-state index contributed by atoms with van der Waals surface area (Å²) in [6.07, 6.45) is 1.37. The Morgan fingerprint density at radius 3 is 2.58 bits per heavy atom. The monoisotopic (exact) mass is 314 g/mol. The molecule has 1 aromatic carbocycles. The number of nitrogens with one attached hydrogen (secondary N) is 1. The summed E-state index contributed by atoms with van der Waals surface area (Å²) in [6.45, 7) is 1.86. The number of pyridine rings is 1. The van der Waals surface area contributed by atoms with Crippen LogP contribution in [0.4, 0.5) is 5.69 Å². The second-order valence-electron chi connectivity index (χ2n) is 3.91. The van der Waals surface area contributed by atoms with Crippen LogP contribution in [-0.4, -0.2) is 10.9 Å². The van der Waals surface area contributed by atoms with E-state index in [1.165, 1.54) is 12.3 Å². The molecule has 0 spiro atoms. The van der Waals surface area contributed by atoms with Crippen LogP contribution in [0.1, 0.15) is 15.9 Å². The van der Waals surface area contributed by atoms with Gasteiger partial charge >= 0.3 is 0 Å². The number of amides is 1. The Bertz CT molecular complexity index is 644. The van der Waals surface area contributed by atoms with Gasteiger partial charge in [-0.1, -0.05) is 34.8 Å². The summed E-state index contributed by atoms with van der Waals surface area (Å²) in [6, 6.07) is 6.68. The number of aryl methyl sites for hydroxylation is 1. The molecule has 0 fully saturated rings. The predicted octanol–water partition coefficient (Wildman–Crippen LogP) is 4.60. The average molecular weight is 316 g/mol. The Morgan fingerprint density at radius 2 is 1.95 bits per heavy atom. The molecule has 0 aliphatic heterocycles. The Balaban J connectivity index is 2.23. The van der Waals surface area contributed by atoms with E-state index < -0.39 is 0 Å². The van der Waals surface area contributed by atoms with Gasteiger partial charge in [-0.15, -0.1) is 0 Å². The van der Waals surface area contributed by atoms with Gasteiger partial charge in [0.1, 0.15) is 5.15 Å². The maximum Gasteiger partial charge on any atom is 0.257 e. The highest BCUT2D eigenvalue weighted by Gasteiger charge is 2.10. The molecule has 0 bridgehead atoms. The van der Waals surface area contributed by atoms with Crippen molar-refractivity contribution in [2.45, 2.75) is 6.92 Å². The summed E-state index contributed by atoms with van der Waals surface area (Å²) in [5.74, 6) is -0.309. The fraction of sp³-hybridized carbons (Fsp3) is 0.0769. The van der Waals surface area contributed by atoms with Gasteiger partial charge in [0.25, 0.3) is 5.91 Å². The quantitative estimate of drug-likeness (QED) is 0.823. The second kappa shape index (κ2) is 5.78. The summed E-state index contributed by atoms with van der Waals surface area (Å²) in [4.78, 5) is 15.9. The van der Waals surface area contributed by atoms with E-state index in [2.05, 4.69) is 10.3 Å². The van der Waals surface area contributed by atoms with Crippen LogP contribution in [0.25, 0.3) is 0 Å². The number of carbonyl (C=O) groups is 1. The Hall–Kier alpha value is -1.29. The molecule has 6 heteroatoms. The molecule has 1 amide bonds. The first kappa shape index (κ1) is 14.1. The van der Waals surface area contributed by atoms with Crippen LogP contribution >= 0.6 is 34.8 Å². The molecular weight excluding hydrogens is 307 g/mol. The van der Waals surface area contributed by atoms with Gasteiger partial charge in [-0.25, -0.2) is 4.98 Å². The van der Waals surface area contributed by atoms with E-state index in [0.29, 0.717) is 16.3 Å². The number of hydrogen-bond donors (Lipinski definition) is 1. The van der Waals surface area contributed by atoms with Crippen molar-refractivity contribution in [3.05, 3.63) is 56.8 Å². The molecule has 19 heavy (non-hydrogen) atoms. The van der Waals surface area contributed by atoms with E-state index in [4.69, 9.17) is 34.8 Å². The highest BCUT2D eigenvalue weighted by molar-refractivity contribution is 6.41. The minimum Gasteiger partial charge on any atom is -0.322 e. The van der Waals surface area contributed by atoms with Gasteiger partial charge in [-0.3, -0.25) is 4.79 Å². The van der Waals surface area contributed by atoms with E-state index in [9.17, 15) is 4.79 Å². The first-order valence-corrected chi connectivity index (χ1v) is 6.49. The molecule has 0 saturated heterocycles. The lowest BCUT2D eigenvalue weighted by Crippen LogP contribution is -2.13. The summed E-state index contributed by atoms with van der Waals surface area (Å²) in [5.41, 5.74) is 1.89. The van der Waals surface area contributed by atoms with Crippen LogP contribution in [0.5, 0.6) is 0 Å². The lowest BCUT2D eigenvalue weighted by Gasteiger charge is -2.09. The third-order valence-electron chi connectivity index (χ3n) is 2.50. The van der Waals surface area contributed by atoms with Crippen molar-refractivity contribution >= 4 is 46.4 Å². The fourth-order valence-corrected chi connectivity index (χ4v) is 2.00. The molecule has 0 radical (unpaired) electrons.